The normalized spacial score (nSPS) is 15.2. The number of rotatable bonds is 11. The van der Waals surface area contributed by atoms with E-state index in [1.54, 1.807) is 19.4 Å². The molecule has 2 fully saturated rings. The van der Waals surface area contributed by atoms with Crippen molar-refractivity contribution in [3.8, 4) is 17.2 Å². The van der Waals surface area contributed by atoms with Gasteiger partial charge in [0.2, 0.25) is 17.8 Å². The average molecular weight is 566 g/mol. The Morgan fingerprint density at radius 1 is 0.875 bits per heavy atom. The van der Waals surface area contributed by atoms with Gasteiger partial charge in [-0.25, -0.2) is 5.43 Å². The number of methoxy groups -OCH3 is 1. The molecule has 0 bridgehead atoms. The minimum Gasteiger partial charge on any atom is -0.493 e. The minimum atomic E-state index is 0.316. The molecule has 1 N–H and O–H groups in total. The molecule has 0 atom stereocenters. The predicted molar refractivity (Wildman–Crippen MR) is 159 cm³/mol. The van der Waals surface area contributed by atoms with Gasteiger partial charge in [-0.05, 0) is 80.5 Å². The van der Waals surface area contributed by atoms with Gasteiger partial charge in [-0.1, -0.05) is 17.7 Å². The fraction of sp³-hybridized carbons (Fsp3) is 0.448. The maximum atomic E-state index is 6.56. The second-order valence-corrected chi connectivity index (χ2v) is 10.4. The van der Waals surface area contributed by atoms with Crippen molar-refractivity contribution in [1.82, 2.24) is 15.0 Å². The first-order valence-electron chi connectivity index (χ1n) is 13.8. The zero-order valence-corrected chi connectivity index (χ0v) is 24.1. The van der Waals surface area contributed by atoms with E-state index in [-0.39, 0.29) is 0 Å². The number of benzene rings is 2. The minimum absolute atomic E-state index is 0.316. The summed E-state index contributed by atoms with van der Waals surface area (Å²) in [6.45, 7) is 8.65. The molecule has 2 aliphatic heterocycles. The first kappa shape index (κ1) is 27.8. The first-order chi connectivity index (χ1) is 19.5. The summed E-state index contributed by atoms with van der Waals surface area (Å²) in [5.74, 6) is 3.58. The van der Waals surface area contributed by atoms with E-state index in [2.05, 4.69) is 44.1 Å². The molecular formula is C29H36ClN7O3. The molecule has 0 aliphatic carbocycles. The van der Waals surface area contributed by atoms with Crippen molar-refractivity contribution in [2.24, 2.45) is 5.10 Å². The fourth-order valence-electron chi connectivity index (χ4n) is 4.75. The molecule has 2 saturated heterocycles. The number of aromatic nitrogens is 3. The molecule has 3 aromatic rings. The van der Waals surface area contributed by atoms with Crippen LogP contribution in [0.25, 0.3) is 0 Å². The van der Waals surface area contributed by atoms with Crippen LogP contribution in [0.4, 0.5) is 17.8 Å². The van der Waals surface area contributed by atoms with Crippen LogP contribution >= 0.6 is 11.6 Å². The van der Waals surface area contributed by atoms with Crippen LogP contribution in [0.5, 0.6) is 17.2 Å². The number of nitrogens with one attached hydrogen (secondary N) is 1. The molecule has 3 heterocycles. The van der Waals surface area contributed by atoms with E-state index in [0.29, 0.717) is 47.6 Å². The highest BCUT2D eigenvalue weighted by Crippen LogP contribution is 2.36. The highest BCUT2D eigenvalue weighted by atomic mass is 35.5. The molecule has 1 aromatic heterocycles. The van der Waals surface area contributed by atoms with Gasteiger partial charge in [0.15, 0.2) is 11.5 Å². The van der Waals surface area contributed by atoms with E-state index >= 15 is 0 Å². The van der Waals surface area contributed by atoms with Gasteiger partial charge < -0.3 is 24.0 Å². The average Bonchev–Trinajstić information content (AvgIpc) is 3.69. The molecular weight excluding hydrogens is 530 g/mol. The summed E-state index contributed by atoms with van der Waals surface area (Å²) in [5, 5.41) is 4.79. The zero-order chi connectivity index (χ0) is 27.9. The maximum absolute atomic E-state index is 6.56. The molecule has 0 radical (unpaired) electrons. The van der Waals surface area contributed by atoms with Crippen LogP contribution in [0, 0.1) is 13.8 Å². The number of hydrogen-bond acceptors (Lipinski definition) is 10. The van der Waals surface area contributed by atoms with Crippen LogP contribution in [0.2, 0.25) is 5.02 Å². The number of anilines is 3. The summed E-state index contributed by atoms with van der Waals surface area (Å²) < 4.78 is 17.3. The molecule has 0 amide bonds. The number of ether oxygens (including phenoxy) is 3. The molecule has 5 rings (SSSR count). The van der Waals surface area contributed by atoms with Crippen molar-refractivity contribution in [2.45, 2.75) is 39.5 Å². The largest absolute Gasteiger partial charge is 0.493 e. The molecule has 0 saturated carbocycles. The van der Waals surface area contributed by atoms with Gasteiger partial charge in [0.25, 0.3) is 0 Å². The van der Waals surface area contributed by atoms with Crippen molar-refractivity contribution in [3.63, 3.8) is 0 Å². The Morgan fingerprint density at radius 2 is 1.52 bits per heavy atom. The highest BCUT2D eigenvalue weighted by molar-refractivity contribution is 6.32. The summed E-state index contributed by atoms with van der Waals surface area (Å²) in [4.78, 5) is 18.4. The molecule has 2 aliphatic rings. The van der Waals surface area contributed by atoms with Gasteiger partial charge in [0, 0.05) is 26.2 Å². The van der Waals surface area contributed by atoms with Crippen LogP contribution in [0.1, 0.15) is 42.4 Å². The second kappa shape index (κ2) is 13.0. The van der Waals surface area contributed by atoms with E-state index in [1.165, 1.54) is 11.1 Å². The predicted octanol–water partition coefficient (Wildman–Crippen LogP) is 5.25. The van der Waals surface area contributed by atoms with Crippen LogP contribution < -0.4 is 29.4 Å². The lowest BCUT2D eigenvalue weighted by Gasteiger charge is -2.20. The number of hydrazone groups is 1. The zero-order valence-electron chi connectivity index (χ0n) is 23.3. The quantitative estimate of drug-likeness (QED) is 0.190. The fourth-order valence-corrected chi connectivity index (χ4v) is 5.02. The Morgan fingerprint density at radius 3 is 2.15 bits per heavy atom. The summed E-state index contributed by atoms with van der Waals surface area (Å²) >= 11 is 6.56. The topological polar surface area (TPSA) is 97.2 Å². The summed E-state index contributed by atoms with van der Waals surface area (Å²) in [6.07, 6.45) is 6.23. The number of nitrogens with zero attached hydrogens (tertiary/aromatic N) is 6. The third kappa shape index (κ3) is 6.85. The smallest absolute Gasteiger partial charge is 0.250 e. The number of aryl methyl sites for hydroxylation is 2. The van der Waals surface area contributed by atoms with Gasteiger partial charge in [0.1, 0.15) is 19.0 Å². The lowest BCUT2D eigenvalue weighted by molar-refractivity contribution is 0.211. The van der Waals surface area contributed by atoms with Crippen LogP contribution in [0.15, 0.2) is 35.4 Å². The SMILES string of the molecule is COc1cc(/C=N/Nc2nc(N3CCCC3)nc(N3CCCC3)n2)cc(Cl)c1OCCOc1ccc(C)c(C)c1. The molecule has 2 aromatic carbocycles. The molecule has 0 unspecified atom stereocenters. The van der Waals surface area contributed by atoms with E-state index in [1.807, 2.05) is 24.3 Å². The monoisotopic (exact) mass is 565 g/mol. The number of hydrogen-bond donors (Lipinski definition) is 1. The third-order valence-corrected chi connectivity index (χ3v) is 7.38. The summed E-state index contributed by atoms with van der Waals surface area (Å²) in [5.41, 5.74) is 6.13. The Balaban J connectivity index is 1.23. The number of halogens is 1. The molecule has 11 heteroatoms. The molecule has 40 heavy (non-hydrogen) atoms. The van der Waals surface area contributed by atoms with Crippen molar-refractivity contribution < 1.29 is 14.2 Å². The third-order valence-electron chi connectivity index (χ3n) is 7.10. The lowest BCUT2D eigenvalue weighted by atomic mass is 10.1. The maximum Gasteiger partial charge on any atom is 0.250 e. The van der Waals surface area contributed by atoms with Gasteiger partial charge in [-0.3, -0.25) is 0 Å². The van der Waals surface area contributed by atoms with Gasteiger partial charge in [0.05, 0.1) is 18.3 Å². The van der Waals surface area contributed by atoms with Crippen molar-refractivity contribution in [3.05, 3.63) is 52.0 Å². The van der Waals surface area contributed by atoms with Gasteiger partial charge in [-0.15, -0.1) is 0 Å². The van der Waals surface area contributed by atoms with Crippen molar-refractivity contribution >= 4 is 35.7 Å². The van der Waals surface area contributed by atoms with E-state index in [9.17, 15) is 0 Å². The Hall–Kier alpha value is -3.79. The van der Waals surface area contributed by atoms with Gasteiger partial charge >= 0.3 is 0 Å². The van der Waals surface area contributed by atoms with E-state index < -0.39 is 0 Å². The van der Waals surface area contributed by atoms with Crippen molar-refractivity contribution in [1.29, 1.82) is 0 Å². The van der Waals surface area contributed by atoms with Gasteiger partial charge in [-0.2, -0.15) is 20.1 Å². The second-order valence-electron chi connectivity index (χ2n) is 9.99. The molecule has 212 valence electrons. The van der Waals surface area contributed by atoms with Crippen molar-refractivity contribution in [2.75, 3.05) is 61.7 Å². The Kier molecular flexibility index (Phi) is 9.05. The molecule has 0 spiro atoms. The highest BCUT2D eigenvalue weighted by Gasteiger charge is 2.21. The summed E-state index contributed by atoms with van der Waals surface area (Å²) in [7, 11) is 1.58. The Labute approximate surface area is 240 Å². The van der Waals surface area contributed by atoms with E-state index in [4.69, 9.17) is 30.8 Å². The lowest BCUT2D eigenvalue weighted by Crippen LogP contribution is -2.25. The van der Waals surface area contributed by atoms with E-state index in [0.717, 1.165) is 63.2 Å². The van der Waals surface area contributed by atoms with Crippen LogP contribution in [-0.2, 0) is 0 Å². The van der Waals surface area contributed by atoms with Crippen LogP contribution in [0.3, 0.4) is 0 Å². The first-order valence-corrected chi connectivity index (χ1v) is 14.1. The summed E-state index contributed by atoms with van der Waals surface area (Å²) in [6, 6.07) is 9.60. The van der Waals surface area contributed by atoms with Crippen LogP contribution in [-0.4, -0.2) is 67.7 Å². The molecule has 10 nitrogen and oxygen atoms in total. The Bertz CT molecular complexity index is 1310. The standard InChI is InChI=1S/C29H36ClN7O3/c1-20-8-9-23(16-21(20)2)39-14-15-40-26-24(30)17-22(18-25(26)38-3)19-31-35-27-32-28(36-10-4-5-11-36)34-29(33-27)37-12-6-7-13-37/h8-9,16-19H,4-7,10-15H2,1-3H3,(H,32,33,34,35)/b31-19+.